The second-order valence-electron chi connectivity index (χ2n) is 7.03. The fourth-order valence-corrected chi connectivity index (χ4v) is 3.35. The molecule has 0 bridgehead atoms. The van der Waals surface area contributed by atoms with Crippen LogP contribution in [0, 0.1) is 6.92 Å². The van der Waals surface area contributed by atoms with Crippen molar-refractivity contribution in [2.75, 3.05) is 14.2 Å². The van der Waals surface area contributed by atoms with Gasteiger partial charge >= 0.3 is 5.69 Å². The second kappa shape index (κ2) is 7.64. The van der Waals surface area contributed by atoms with Gasteiger partial charge in [-0.3, -0.25) is 23.9 Å². The molecule has 152 valence electrons. The van der Waals surface area contributed by atoms with E-state index in [1.807, 2.05) is 37.5 Å². The van der Waals surface area contributed by atoms with Gasteiger partial charge in [0.1, 0.15) is 11.4 Å². The van der Waals surface area contributed by atoms with E-state index in [0.717, 1.165) is 17.0 Å². The van der Waals surface area contributed by atoms with Gasteiger partial charge in [0, 0.05) is 30.8 Å². The standard InChI is InChI=1S/C19H22N6O4/c1-12-9-25(19(27)20-18(12)26)17-8-14(23(2)29-17)10-24-11-16(21-22-24)13-4-6-15(28-3)7-5-13/h4-7,9,11,14,17H,8,10H2,1-3H3,(H,20,26,27)/t14-,17+/m1/s1. The molecule has 3 aromatic rings. The zero-order chi connectivity index (χ0) is 20.5. The van der Waals surface area contributed by atoms with Crippen LogP contribution in [0.5, 0.6) is 5.75 Å². The predicted molar refractivity (Wildman–Crippen MR) is 104 cm³/mol. The minimum Gasteiger partial charge on any atom is -0.497 e. The highest BCUT2D eigenvalue weighted by molar-refractivity contribution is 5.58. The molecule has 1 aliphatic rings. The summed E-state index contributed by atoms with van der Waals surface area (Å²) in [5.41, 5.74) is 1.30. The van der Waals surface area contributed by atoms with Crippen molar-refractivity contribution < 1.29 is 9.57 Å². The van der Waals surface area contributed by atoms with Gasteiger partial charge < -0.3 is 4.74 Å². The first-order valence-electron chi connectivity index (χ1n) is 9.21. The lowest BCUT2D eigenvalue weighted by molar-refractivity contribution is -0.168. The average molecular weight is 398 g/mol. The van der Waals surface area contributed by atoms with Gasteiger partial charge in [-0.05, 0) is 31.2 Å². The third-order valence-corrected chi connectivity index (χ3v) is 5.05. The van der Waals surface area contributed by atoms with Crippen molar-refractivity contribution in [3.05, 3.63) is 63.1 Å². The number of benzene rings is 1. The number of nitrogens with zero attached hydrogens (tertiary/aromatic N) is 5. The van der Waals surface area contributed by atoms with Gasteiger partial charge in [0.2, 0.25) is 0 Å². The number of likely N-dealkylation sites (N-methyl/N-ethyl adjacent to an activating group) is 1. The Hall–Kier alpha value is -3.24. The molecule has 1 aromatic carbocycles. The van der Waals surface area contributed by atoms with Crippen molar-refractivity contribution in [1.29, 1.82) is 0 Å². The van der Waals surface area contributed by atoms with Crippen molar-refractivity contribution in [2.24, 2.45) is 0 Å². The van der Waals surface area contributed by atoms with Crippen LogP contribution in [0.2, 0.25) is 0 Å². The number of hydrogen-bond acceptors (Lipinski definition) is 7. The van der Waals surface area contributed by atoms with Crippen LogP contribution in [0.3, 0.4) is 0 Å². The Morgan fingerprint density at radius 2 is 2.00 bits per heavy atom. The number of methoxy groups -OCH3 is 1. The molecule has 10 nitrogen and oxygen atoms in total. The van der Waals surface area contributed by atoms with E-state index < -0.39 is 11.9 Å². The van der Waals surface area contributed by atoms with Gasteiger partial charge in [0.05, 0.1) is 25.9 Å². The zero-order valence-electron chi connectivity index (χ0n) is 16.4. The highest BCUT2D eigenvalue weighted by Crippen LogP contribution is 2.28. The number of ether oxygens (including phenoxy) is 1. The molecule has 10 heteroatoms. The number of aromatic amines is 1. The highest BCUT2D eigenvalue weighted by Gasteiger charge is 2.33. The van der Waals surface area contributed by atoms with Gasteiger partial charge in [-0.25, -0.2) is 4.79 Å². The minimum absolute atomic E-state index is 0.00967. The Balaban J connectivity index is 1.48. The first kappa shape index (κ1) is 19.1. The molecule has 1 N–H and O–H groups in total. The van der Waals surface area contributed by atoms with E-state index in [1.54, 1.807) is 23.8 Å². The molecular weight excluding hydrogens is 376 g/mol. The first-order chi connectivity index (χ1) is 13.9. The molecular formula is C19H22N6O4. The summed E-state index contributed by atoms with van der Waals surface area (Å²) in [6.07, 6.45) is 3.48. The molecule has 0 unspecified atom stereocenters. The summed E-state index contributed by atoms with van der Waals surface area (Å²) >= 11 is 0. The Morgan fingerprint density at radius 1 is 1.24 bits per heavy atom. The number of nitrogens with one attached hydrogen (secondary N) is 1. The number of hydroxylamine groups is 2. The van der Waals surface area contributed by atoms with Crippen LogP contribution in [0.4, 0.5) is 0 Å². The summed E-state index contributed by atoms with van der Waals surface area (Å²) < 4.78 is 8.35. The number of aromatic nitrogens is 5. The zero-order valence-corrected chi connectivity index (χ0v) is 16.4. The van der Waals surface area contributed by atoms with Crippen LogP contribution < -0.4 is 16.0 Å². The van der Waals surface area contributed by atoms with Crippen LogP contribution in [0.15, 0.2) is 46.2 Å². The molecule has 0 saturated carbocycles. The van der Waals surface area contributed by atoms with E-state index in [4.69, 9.17) is 9.57 Å². The normalized spacial score (nSPS) is 19.6. The Labute approximate surface area is 166 Å². The smallest absolute Gasteiger partial charge is 0.330 e. The van der Waals surface area contributed by atoms with Crippen molar-refractivity contribution in [1.82, 2.24) is 29.6 Å². The van der Waals surface area contributed by atoms with E-state index in [1.165, 1.54) is 10.8 Å². The van der Waals surface area contributed by atoms with Crippen LogP contribution in [-0.4, -0.2) is 49.8 Å². The van der Waals surface area contributed by atoms with Crippen molar-refractivity contribution in [2.45, 2.75) is 32.2 Å². The molecule has 3 heterocycles. The minimum atomic E-state index is -0.488. The lowest BCUT2D eigenvalue weighted by Crippen LogP contribution is -2.33. The molecule has 0 amide bonds. The average Bonchev–Trinajstić information content (AvgIpc) is 3.32. The fraction of sp³-hybridized carbons (Fsp3) is 0.368. The molecule has 2 atom stereocenters. The van der Waals surface area contributed by atoms with E-state index in [-0.39, 0.29) is 11.6 Å². The van der Waals surface area contributed by atoms with Gasteiger partial charge in [0.15, 0.2) is 6.23 Å². The second-order valence-corrected chi connectivity index (χ2v) is 7.03. The van der Waals surface area contributed by atoms with Crippen molar-refractivity contribution in [3.8, 4) is 17.0 Å². The maximum absolute atomic E-state index is 12.1. The first-order valence-corrected chi connectivity index (χ1v) is 9.21. The van der Waals surface area contributed by atoms with Crippen LogP contribution >= 0.6 is 0 Å². The van der Waals surface area contributed by atoms with E-state index >= 15 is 0 Å². The van der Waals surface area contributed by atoms with E-state index in [9.17, 15) is 9.59 Å². The van der Waals surface area contributed by atoms with E-state index in [2.05, 4.69) is 15.3 Å². The molecule has 0 aliphatic carbocycles. The Kier molecular flexibility index (Phi) is 5.03. The monoisotopic (exact) mass is 398 g/mol. The molecule has 0 radical (unpaired) electrons. The largest absolute Gasteiger partial charge is 0.497 e. The molecule has 2 aromatic heterocycles. The third kappa shape index (κ3) is 3.84. The number of H-pyrrole nitrogens is 1. The lowest BCUT2D eigenvalue weighted by Gasteiger charge is -2.16. The highest BCUT2D eigenvalue weighted by atomic mass is 16.7. The summed E-state index contributed by atoms with van der Waals surface area (Å²) in [5, 5.41) is 10.2. The molecule has 4 rings (SSSR count). The molecule has 1 aliphatic heterocycles. The summed E-state index contributed by atoms with van der Waals surface area (Å²) in [4.78, 5) is 31.8. The summed E-state index contributed by atoms with van der Waals surface area (Å²) in [7, 11) is 3.44. The van der Waals surface area contributed by atoms with Gasteiger partial charge in [-0.1, -0.05) is 5.21 Å². The molecule has 1 fully saturated rings. The van der Waals surface area contributed by atoms with E-state index in [0.29, 0.717) is 18.5 Å². The predicted octanol–water partition coefficient (Wildman–Crippen LogP) is 0.947. The maximum Gasteiger partial charge on any atom is 0.330 e. The summed E-state index contributed by atoms with van der Waals surface area (Å²) in [6, 6.07) is 7.60. The van der Waals surface area contributed by atoms with Gasteiger partial charge in [-0.15, -0.1) is 5.10 Å². The van der Waals surface area contributed by atoms with Crippen molar-refractivity contribution >= 4 is 0 Å². The van der Waals surface area contributed by atoms with Crippen molar-refractivity contribution in [3.63, 3.8) is 0 Å². The lowest BCUT2D eigenvalue weighted by atomic mass is 10.1. The van der Waals surface area contributed by atoms with Gasteiger partial charge in [-0.2, -0.15) is 5.06 Å². The summed E-state index contributed by atoms with van der Waals surface area (Å²) in [5.74, 6) is 0.782. The Morgan fingerprint density at radius 3 is 2.72 bits per heavy atom. The van der Waals surface area contributed by atoms with Crippen LogP contribution in [0.1, 0.15) is 18.2 Å². The molecule has 0 spiro atoms. The quantitative estimate of drug-likeness (QED) is 0.682. The Bertz CT molecular complexity index is 1120. The van der Waals surface area contributed by atoms with Crippen LogP contribution in [0.25, 0.3) is 11.3 Å². The maximum atomic E-state index is 12.1. The SMILES string of the molecule is COc1ccc(-c2cn(C[C@H]3C[C@@H](n4cc(C)c(=O)[nH]c4=O)ON3C)nn2)cc1. The van der Waals surface area contributed by atoms with Gasteiger partial charge in [0.25, 0.3) is 5.56 Å². The summed E-state index contributed by atoms with van der Waals surface area (Å²) in [6.45, 7) is 2.20. The molecule has 1 saturated heterocycles. The number of rotatable bonds is 5. The number of aryl methyl sites for hydroxylation is 1. The molecule has 29 heavy (non-hydrogen) atoms. The third-order valence-electron chi connectivity index (χ3n) is 5.05. The topological polar surface area (TPSA) is 107 Å². The fourth-order valence-electron chi connectivity index (χ4n) is 3.35. The van der Waals surface area contributed by atoms with Crippen LogP contribution in [-0.2, 0) is 11.4 Å². The number of hydrogen-bond donors (Lipinski definition) is 1.